The lowest BCUT2D eigenvalue weighted by molar-refractivity contribution is 0.0746. The molecule has 0 saturated carbocycles. The average Bonchev–Trinajstić information content (AvgIpc) is 2.63. The molecule has 1 fully saturated rings. The Morgan fingerprint density at radius 3 is 2.21 bits per heavy atom. The first kappa shape index (κ1) is 16.2. The zero-order valence-electron chi connectivity index (χ0n) is 13.3. The van der Waals surface area contributed by atoms with E-state index in [0.717, 1.165) is 23.6 Å². The molecule has 1 amide bonds. The van der Waals surface area contributed by atoms with Gasteiger partial charge in [-0.15, -0.1) is 0 Å². The van der Waals surface area contributed by atoms with E-state index in [2.05, 4.69) is 4.90 Å². The van der Waals surface area contributed by atoms with Gasteiger partial charge in [-0.3, -0.25) is 4.79 Å². The Morgan fingerprint density at radius 2 is 1.62 bits per heavy atom. The summed E-state index contributed by atoms with van der Waals surface area (Å²) in [5, 5.41) is 0. The molecule has 4 nitrogen and oxygen atoms in total. The summed E-state index contributed by atoms with van der Waals surface area (Å²) in [7, 11) is 1.62. The lowest BCUT2D eigenvalue weighted by Crippen LogP contribution is -2.48. The number of benzene rings is 2. The highest BCUT2D eigenvalue weighted by molar-refractivity contribution is 5.94. The van der Waals surface area contributed by atoms with Crippen LogP contribution in [-0.4, -0.2) is 44.1 Å². The first-order chi connectivity index (χ1) is 11.6. The second-order valence-corrected chi connectivity index (χ2v) is 5.61. The normalized spacial score (nSPS) is 14.6. The van der Waals surface area contributed by atoms with Gasteiger partial charge in [-0.05, 0) is 42.5 Å². The second kappa shape index (κ2) is 6.86. The summed E-state index contributed by atoms with van der Waals surface area (Å²) >= 11 is 0. The van der Waals surface area contributed by atoms with Crippen molar-refractivity contribution in [3.8, 4) is 5.75 Å². The average molecular weight is 332 g/mol. The number of ether oxygens (including phenoxy) is 1. The summed E-state index contributed by atoms with van der Waals surface area (Å²) in [5.41, 5.74) is 1.24. The van der Waals surface area contributed by atoms with Crippen LogP contribution in [-0.2, 0) is 0 Å². The number of anilines is 1. The Morgan fingerprint density at radius 1 is 0.958 bits per heavy atom. The van der Waals surface area contributed by atoms with Gasteiger partial charge in [0.2, 0.25) is 0 Å². The van der Waals surface area contributed by atoms with E-state index in [4.69, 9.17) is 4.74 Å². The molecule has 0 atom stereocenters. The summed E-state index contributed by atoms with van der Waals surface area (Å²) < 4.78 is 31.4. The van der Waals surface area contributed by atoms with E-state index in [1.165, 1.54) is 6.07 Å². The van der Waals surface area contributed by atoms with E-state index < -0.39 is 11.6 Å². The fourth-order valence-electron chi connectivity index (χ4n) is 2.77. The quantitative estimate of drug-likeness (QED) is 0.866. The van der Waals surface area contributed by atoms with Crippen molar-refractivity contribution in [3.63, 3.8) is 0 Å². The predicted molar refractivity (Wildman–Crippen MR) is 87.5 cm³/mol. The van der Waals surface area contributed by atoms with Crippen molar-refractivity contribution in [2.45, 2.75) is 0 Å². The monoisotopic (exact) mass is 332 g/mol. The van der Waals surface area contributed by atoms with Crippen LogP contribution < -0.4 is 9.64 Å². The summed E-state index contributed by atoms with van der Waals surface area (Å²) in [4.78, 5) is 16.2. The maximum absolute atomic E-state index is 13.3. The van der Waals surface area contributed by atoms with Gasteiger partial charge in [0.05, 0.1) is 7.11 Å². The summed E-state index contributed by atoms with van der Waals surface area (Å²) in [6.07, 6.45) is 0. The van der Waals surface area contributed by atoms with Crippen LogP contribution in [0, 0.1) is 11.6 Å². The van der Waals surface area contributed by atoms with Gasteiger partial charge in [-0.2, -0.15) is 0 Å². The van der Waals surface area contributed by atoms with Crippen LogP contribution in [0.1, 0.15) is 10.4 Å². The fraction of sp³-hybridized carbons (Fsp3) is 0.278. The van der Waals surface area contributed by atoms with Crippen molar-refractivity contribution in [2.24, 2.45) is 0 Å². The summed E-state index contributed by atoms with van der Waals surface area (Å²) in [6.45, 7) is 2.43. The van der Waals surface area contributed by atoms with E-state index in [1.54, 1.807) is 12.0 Å². The third-order valence-electron chi connectivity index (χ3n) is 4.17. The van der Waals surface area contributed by atoms with Crippen LogP contribution >= 0.6 is 0 Å². The van der Waals surface area contributed by atoms with Crippen molar-refractivity contribution in [3.05, 3.63) is 59.7 Å². The van der Waals surface area contributed by atoms with Gasteiger partial charge in [0.1, 0.15) is 5.75 Å². The zero-order valence-corrected chi connectivity index (χ0v) is 13.3. The van der Waals surface area contributed by atoms with Crippen molar-refractivity contribution in [1.82, 2.24) is 4.90 Å². The van der Waals surface area contributed by atoms with Crippen LogP contribution in [0.3, 0.4) is 0 Å². The SMILES string of the molecule is COc1ccc(N2CCN(C(=O)c3ccc(F)c(F)c3)CC2)cc1. The minimum Gasteiger partial charge on any atom is -0.497 e. The molecular formula is C18H18F2N2O2. The topological polar surface area (TPSA) is 32.8 Å². The first-order valence-electron chi connectivity index (χ1n) is 7.72. The Bertz CT molecular complexity index is 726. The van der Waals surface area contributed by atoms with E-state index >= 15 is 0 Å². The molecule has 1 heterocycles. The molecule has 0 spiro atoms. The van der Waals surface area contributed by atoms with E-state index in [0.29, 0.717) is 26.2 Å². The molecule has 1 aliphatic rings. The number of hydrogen-bond acceptors (Lipinski definition) is 3. The number of carbonyl (C=O) groups is 1. The standard InChI is InChI=1S/C18H18F2N2O2/c1-24-15-5-3-14(4-6-15)21-8-10-22(11-9-21)18(23)13-2-7-16(19)17(20)12-13/h2-7,12H,8-11H2,1H3. The molecule has 0 bridgehead atoms. The van der Waals surface area contributed by atoms with Gasteiger partial charge in [-0.25, -0.2) is 8.78 Å². The van der Waals surface area contributed by atoms with Crippen LogP contribution in [0.15, 0.2) is 42.5 Å². The van der Waals surface area contributed by atoms with Gasteiger partial charge in [0.25, 0.3) is 5.91 Å². The largest absolute Gasteiger partial charge is 0.497 e. The van der Waals surface area contributed by atoms with Gasteiger partial charge in [0.15, 0.2) is 11.6 Å². The van der Waals surface area contributed by atoms with Crippen molar-refractivity contribution >= 4 is 11.6 Å². The zero-order chi connectivity index (χ0) is 17.1. The molecule has 2 aromatic rings. The molecular weight excluding hydrogens is 314 g/mol. The third kappa shape index (κ3) is 3.32. The number of hydrogen-bond donors (Lipinski definition) is 0. The molecule has 0 N–H and O–H groups in total. The van der Waals surface area contributed by atoms with Crippen LogP contribution in [0.4, 0.5) is 14.5 Å². The van der Waals surface area contributed by atoms with Gasteiger partial charge < -0.3 is 14.5 Å². The minimum atomic E-state index is -1.00. The maximum atomic E-state index is 13.3. The second-order valence-electron chi connectivity index (χ2n) is 5.61. The molecule has 3 rings (SSSR count). The molecule has 0 aromatic heterocycles. The van der Waals surface area contributed by atoms with E-state index in [9.17, 15) is 13.6 Å². The molecule has 2 aromatic carbocycles. The van der Waals surface area contributed by atoms with Crippen LogP contribution in [0.2, 0.25) is 0 Å². The number of rotatable bonds is 3. The number of methoxy groups -OCH3 is 1. The molecule has 6 heteroatoms. The number of carbonyl (C=O) groups excluding carboxylic acids is 1. The molecule has 126 valence electrons. The number of halogens is 2. The van der Waals surface area contributed by atoms with E-state index in [-0.39, 0.29) is 11.5 Å². The highest BCUT2D eigenvalue weighted by Crippen LogP contribution is 2.21. The Hall–Kier alpha value is -2.63. The van der Waals surface area contributed by atoms with Gasteiger partial charge in [-0.1, -0.05) is 0 Å². The smallest absolute Gasteiger partial charge is 0.254 e. The Kier molecular flexibility index (Phi) is 4.64. The fourth-order valence-corrected chi connectivity index (χ4v) is 2.77. The molecule has 0 unspecified atom stereocenters. The molecule has 0 radical (unpaired) electrons. The van der Waals surface area contributed by atoms with Gasteiger partial charge in [0, 0.05) is 37.4 Å². The highest BCUT2D eigenvalue weighted by atomic mass is 19.2. The maximum Gasteiger partial charge on any atom is 0.254 e. The summed E-state index contributed by atoms with van der Waals surface area (Å²) in [5.74, 6) is -1.43. The highest BCUT2D eigenvalue weighted by Gasteiger charge is 2.23. The van der Waals surface area contributed by atoms with Crippen LogP contribution in [0.25, 0.3) is 0 Å². The van der Waals surface area contributed by atoms with Crippen molar-refractivity contribution in [1.29, 1.82) is 0 Å². The molecule has 1 saturated heterocycles. The summed E-state index contributed by atoms with van der Waals surface area (Å²) in [6, 6.07) is 11.0. The lowest BCUT2D eigenvalue weighted by atomic mass is 10.1. The molecule has 0 aliphatic carbocycles. The number of amides is 1. The number of piperazine rings is 1. The van der Waals surface area contributed by atoms with Crippen molar-refractivity contribution in [2.75, 3.05) is 38.2 Å². The molecule has 24 heavy (non-hydrogen) atoms. The predicted octanol–water partition coefficient (Wildman–Crippen LogP) is 2.94. The lowest BCUT2D eigenvalue weighted by Gasteiger charge is -2.36. The van der Waals surface area contributed by atoms with Crippen molar-refractivity contribution < 1.29 is 18.3 Å². The van der Waals surface area contributed by atoms with E-state index in [1.807, 2.05) is 24.3 Å². The van der Waals surface area contributed by atoms with Gasteiger partial charge >= 0.3 is 0 Å². The minimum absolute atomic E-state index is 0.173. The Balaban J connectivity index is 1.63. The Labute approximate surface area is 139 Å². The third-order valence-corrected chi connectivity index (χ3v) is 4.17. The number of nitrogens with zero attached hydrogens (tertiary/aromatic N) is 2. The first-order valence-corrected chi connectivity index (χ1v) is 7.72. The molecule has 1 aliphatic heterocycles. The van der Waals surface area contributed by atoms with Crippen LogP contribution in [0.5, 0.6) is 5.75 Å².